The Labute approximate surface area is 95.9 Å². The summed E-state index contributed by atoms with van der Waals surface area (Å²) < 4.78 is 10.2. The number of hydrogen-bond acceptors (Lipinski definition) is 5. The van der Waals surface area contributed by atoms with Gasteiger partial charge in [0.25, 0.3) is 0 Å². The summed E-state index contributed by atoms with van der Waals surface area (Å²) in [5, 5.41) is 2.02. The summed E-state index contributed by atoms with van der Waals surface area (Å²) in [4.78, 5) is 4.34. The van der Waals surface area contributed by atoms with E-state index in [1.54, 1.807) is 7.11 Å². The van der Waals surface area contributed by atoms with Crippen molar-refractivity contribution in [3.05, 3.63) is 0 Å². The fourth-order valence-corrected chi connectivity index (χ4v) is 1.42. The van der Waals surface area contributed by atoms with Gasteiger partial charge in [-0.15, -0.1) is 0 Å². The smallest absolute Gasteiger partial charge is 0.220 e. The van der Waals surface area contributed by atoms with Crippen LogP contribution in [0.3, 0.4) is 0 Å². The molecule has 94 valence electrons. The Hall–Kier alpha value is -0.890. The van der Waals surface area contributed by atoms with Gasteiger partial charge >= 0.3 is 0 Å². The number of hydrogen-bond donors (Lipinski definition) is 3. The second-order valence-electron chi connectivity index (χ2n) is 3.64. The zero-order chi connectivity index (χ0) is 11.8. The Balaban J connectivity index is 2.39. The van der Waals surface area contributed by atoms with E-state index in [4.69, 9.17) is 15.3 Å². The molecule has 16 heavy (non-hydrogen) atoms. The summed E-state index contributed by atoms with van der Waals surface area (Å²) in [6, 6.07) is 0.0598. The molecule has 1 aliphatic heterocycles. The lowest BCUT2D eigenvalue weighted by atomic mass is 10.4. The van der Waals surface area contributed by atoms with Crippen LogP contribution in [0.15, 0.2) is 4.99 Å². The minimum atomic E-state index is 0.0598. The van der Waals surface area contributed by atoms with E-state index < -0.39 is 0 Å². The molecule has 1 atom stereocenters. The lowest BCUT2D eigenvalue weighted by Crippen LogP contribution is -2.54. The first kappa shape index (κ1) is 13.2. The maximum Gasteiger partial charge on any atom is 0.220 e. The van der Waals surface area contributed by atoms with Crippen LogP contribution in [0.4, 0.5) is 0 Å². The number of methoxy groups -OCH3 is 1. The van der Waals surface area contributed by atoms with Crippen LogP contribution in [0.2, 0.25) is 0 Å². The van der Waals surface area contributed by atoms with Crippen molar-refractivity contribution in [2.45, 2.75) is 13.0 Å². The molecule has 7 heteroatoms. The highest BCUT2D eigenvalue weighted by molar-refractivity contribution is 5.78. The molecule has 0 aromatic rings. The quantitative estimate of drug-likeness (QED) is 0.241. The third-order valence-corrected chi connectivity index (χ3v) is 2.17. The maximum atomic E-state index is 5.39. The Morgan fingerprint density at radius 3 is 2.81 bits per heavy atom. The van der Waals surface area contributed by atoms with E-state index in [-0.39, 0.29) is 6.04 Å². The van der Waals surface area contributed by atoms with Gasteiger partial charge in [-0.2, -0.15) is 0 Å². The molecule has 0 amide bonds. The standard InChI is InChI=1S/C9H21N5O2/c1-8(7-15-2)11-9(12-10)13-14-3-5-16-6-4-14/h8H,3-7,10H2,1-2H3,(H2,11,12,13). The lowest BCUT2D eigenvalue weighted by molar-refractivity contribution is 0.0241. The molecule has 0 radical (unpaired) electrons. The molecule has 0 aliphatic carbocycles. The molecule has 1 heterocycles. The average molecular weight is 231 g/mol. The highest BCUT2D eigenvalue weighted by Crippen LogP contribution is 1.94. The molecule has 4 N–H and O–H groups in total. The second-order valence-corrected chi connectivity index (χ2v) is 3.64. The van der Waals surface area contributed by atoms with Crippen LogP contribution >= 0.6 is 0 Å². The van der Waals surface area contributed by atoms with Crippen LogP contribution in [0, 0.1) is 0 Å². The van der Waals surface area contributed by atoms with Crippen LogP contribution in [0.5, 0.6) is 0 Å². The first-order valence-electron chi connectivity index (χ1n) is 5.39. The number of ether oxygens (including phenoxy) is 2. The van der Waals surface area contributed by atoms with Gasteiger partial charge in [-0.05, 0) is 6.92 Å². The number of morpholine rings is 1. The second kappa shape index (κ2) is 7.39. The Morgan fingerprint density at radius 2 is 2.25 bits per heavy atom. The molecule has 0 bridgehead atoms. The minimum Gasteiger partial charge on any atom is -0.382 e. The first-order valence-corrected chi connectivity index (χ1v) is 5.39. The number of nitrogens with zero attached hydrogens (tertiary/aromatic N) is 2. The molecular formula is C9H21N5O2. The largest absolute Gasteiger partial charge is 0.382 e. The molecule has 0 spiro atoms. The van der Waals surface area contributed by atoms with E-state index in [0.29, 0.717) is 12.6 Å². The van der Waals surface area contributed by atoms with E-state index >= 15 is 0 Å². The van der Waals surface area contributed by atoms with E-state index in [1.807, 2.05) is 11.9 Å². The highest BCUT2D eigenvalue weighted by atomic mass is 16.5. The molecule has 1 rings (SSSR count). The monoisotopic (exact) mass is 231 g/mol. The van der Waals surface area contributed by atoms with Crippen molar-refractivity contribution < 1.29 is 9.47 Å². The summed E-state index contributed by atoms with van der Waals surface area (Å²) in [6.45, 7) is 5.60. The summed E-state index contributed by atoms with van der Waals surface area (Å²) in [5.41, 5.74) is 5.65. The van der Waals surface area contributed by atoms with Gasteiger partial charge in [0.15, 0.2) is 0 Å². The third kappa shape index (κ3) is 4.75. The molecule has 1 fully saturated rings. The van der Waals surface area contributed by atoms with Crippen molar-refractivity contribution in [3.8, 4) is 0 Å². The highest BCUT2D eigenvalue weighted by Gasteiger charge is 2.11. The van der Waals surface area contributed by atoms with E-state index in [1.165, 1.54) is 0 Å². The van der Waals surface area contributed by atoms with Gasteiger partial charge in [0, 0.05) is 20.2 Å². The van der Waals surface area contributed by atoms with E-state index in [9.17, 15) is 0 Å². The zero-order valence-electron chi connectivity index (χ0n) is 9.90. The van der Waals surface area contributed by atoms with Gasteiger partial charge in [0.05, 0.1) is 25.9 Å². The van der Waals surface area contributed by atoms with Crippen LogP contribution in [-0.2, 0) is 9.47 Å². The predicted molar refractivity (Wildman–Crippen MR) is 61.6 cm³/mol. The number of nitrogens with two attached hydrogens (primary N) is 1. The number of rotatable bonds is 4. The molecule has 0 aromatic heterocycles. The van der Waals surface area contributed by atoms with Crippen molar-refractivity contribution in [3.63, 3.8) is 0 Å². The van der Waals surface area contributed by atoms with Gasteiger partial charge in [-0.3, -0.25) is 10.9 Å². The normalized spacial score (nSPS) is 20.6. The zero-order valence-corrected chi connectivity index (χ0v) is 9.90. The molecule has 1 aliphatic rings. The van der Waals surface area contributed by atoms with Gasteiger partial charge in [0.1, 0.15) is 0 Å². The van der Waals surface area contributed by atoms with Crippen molar-refractivity contribution in [1.29, 1.82) is 0 Å². The molecule has 7 nitrogen and oxygen atoms in total. The molecule has 0 aromatic carbocycles. The van der Waals surface area contributed by atoms with E-state index in [0.717, 1.165) is 26.3 Å². The van der Waals surface area contributed by atoms with Gasteiger partial charge in [-0.1, -0.05) is 0 Å². The number of aliphatic imine (C=N–C) groups is 1. The molecular weight excluding hydrogens is 210 g/mol. The first-order chi connectivity index (χ1) is 7.76. The van der Waals surface area contributed by atoms with Crippen molar-refractivity contribution in [1.82, 2.24) is 15.9 Å². The number of guanidine groups is 1. The predicted octanol–water partition coefficient (Wildman–Crippen LogP) is -1.32. The van der Waals surface area contributed by atoms with Crippen LogP contribution in [0.1, 0.15) is 6.92 Å². The fraction of sp³-hybridized carbons (Fsp3) is 0.889. The van der Waals surface area contributed by atoms with Crippen molar-refractivity contribution in [2.75, 3.05) is 40.0 Å². The minimum absolute atomic E-state index is 0.0598. The average Bonchev–Trinajstić information content (AvgIpc) is 2.30. The third-order valence-electron chi connectivity index (χ3n) is 2.17. The summed E-state index contributed by atoms with van der Waals surface area (Å²) >= 11 is 0. The SMILES string of the molecule is COCC(C)N=C(NN)NN1CCOCC1. The molecule has 0 saturated carbocycles. The van der Waals surface area contributed by atoms with Gasteiger partial charge in [-0.25, -0.2) is 15.8 Å². The Morgan fingerprint density at radius 1 is 1.56 bits per heavy atom. The van der Waals surface area contributed by atoms with Crippen molar-refractivity contribution >= 4 is 5.96 Å². The van der Waals surface area contributed by atoms with Crippen LogP contribution in [0.25, 0.3) is 0 Å². The van der Waals surface area contributed by atoms with E-state index in [2.05, 4.69) is 15.8 Å². The Kier molecular flexibility index (Phi) is 6.09. The van der Waals surface area contributed by atoms with Crippen molar-refractivity contribution in [2.24, 2.45) is 10.8 Å². The fourth-order valence-electron chi connectivity index (χ4n) is 1.42. The maximum absolute atomic E-state index is 5.39. The van der Waals surface area contributed by atoms with Gasteiger partial charge < -0.3 is 9.47 Å². The molecule has 1 saturated heterocycles. The number of hydrazine groups is 2. The topological polar surface area (TPSA) is 84.1 Å². The van der Waals surface area contributed by atoms with Crippen LogP contribution < -0.4 is 16.7 Å². The summed E-state index contributed by atoms with van der Waals surface area (Å²) in [6.07, 6.45) is 0. The Bertz CT molecular complexity index is 218. The molecule has 1 unspecified atom stereocenters. The summed E-state index contributed by atoms with van der Waals surface area (Å²) in [7, 11) is 1.65. The van der Waals surface area contributed by atoms with Crippen LogP contribution in [-0.4, -0.2) is 57.0 Å². The lowest BCUT2D eigenvalue weighted by Gasteiger charge is -2.28. The summed E-state index contributed by atoms with van der Waals surface area (Å²) in [5.74, 6) is 5.94. The van der Waals surface area contributed by atoms with Gasteiger partial charge in [0.2, 0.25) is 5.96 Å². The number of nitrogens with one attached hydrogen (secondary N) is 2.